The molecule has 0 saturated carbocycles. The number of hydrogen-bond acceptors (Lipinski definition) is 5. The molecule has 1 aromatic heterocycles. The Morgan fingerprint density at radius 2 is 2.25 bits per heavy atom. The van der Waals surface area contributed by atoms with Gasteiger partial charge in [0.1, 0.15) is 6.04 Å². The first kappa shape index (κ1) is 12.0. The van der Waals surface area contributed by atoms with Crippen molar-refractivity contribution >= 4 is 17.8 Å². The van der Waals surface area contributed by atoms with Gasteiger partial charge < -0.3 is 16.4 Å². The molecule has 2 amide bonds. The van der Waals surface area contributed by atoms with Gasteiger partial charge in [-0.05, 0) is 13.8 Å². The molecule has 1 atom stereocenters. The molecule has 1 aromatic rings. The summed E-state index contributed by atoms with van der Waals surface area (Å²) < 4.78 is 0. The number of amides is 2. The fourth-order valence-electron chi connectivity index (χ4n) is 1.03. The third-order valence-electron chi connectivity index (χ3n) is 1.81. The lowest BCUT2D eigenvalue weighted by Crippen LogP contribution is -2.45. The first-order chi connectivity index (χ1) is 7.54. The summed E-state index contributed by atoms with van der Waals surface area (Å²) in [6.07, 6.45) is 0. The van der Waals surface area contributed by atoms with Crippen molar-refractivity contribution in [3.05, 3.63) is 5.82 Å². The van der Waals surface area contributed by atoms with E-state index in [2.05, 4.69) is 25.8 Å². The Morgan fingerprint density at radius 3 is 2.75 bits per heavy atom. The molecular weight excluding hydrogens is 212 g/mol. The summed E-state index contributed by atoms with van der Waals surface area (Å²) in [6, 6.07) is -0.640. The number of likely N-dealkylation sites (N-methyl/N-ethyl adjacent to an activating group) is 1. The fraction of sp³-hybridized carbons (Fsp3) is 0.500. The van der Waals surface area contributed by atoms with E-state index in [1.54, 1.807) is 13.8 Å². The first-order valence-electron chi connectivity index (χ1n) is 4.81. The second kappa shape index (κ2) is 5.10. The number of anilines is 1. The molecule has 1 rings (SSSR count). The van der Waals surface area contributed by atoms with E-state index in [0.717, 1.165) is 0 Å². The Balaban J connectivity index is 2.54. The molecule has 16 heavy (non-hydrogen) atoms. The summed E-state index contributed by atoms with van der Waals surface area (Å²) in [4.78, 5) is 26.5. The summed E-state index contributed by atoms with van der Waals surface area (Å²) >= 11 is 0. The molecule has 0 saturated heterocycles. The zero-order chi connectivity index (χ0) is 12.1. The van der Waals surface area contributed by atoms with Gasteiger partial charge in [0.05, 0.1) is 0 Å². The molecule has 0 bridgehead atoms. The number of nitrogens with one attached hydrogen (secondary N) is 3. The summed E-state index contributed by atoms with van der Waals surface area (Å²) in [5.41, 5.74) is 5.24. The van der Waals surface area contributed by atoms with E-state index in [0.29, 0.717) is 6.54 Å². The van der Waals surface area contributed by atoms with Gasteiger partial charge in [-0.25, -0.2) is 0 Å². The van der Waals surface area contributed by atoms with E-state index < -0.39 is 11.9 Å². The number of hydrogen-bond donors (Lipinski definition) is 4. The Kier molecular flexibility index (Phi) is 3.81. The number of aromatic amines is 1. The maximum Gasteiger partial charge on any atom is 0.289 e. The lowest BCUT2D eigenvalue weighted by molar-refractivity contribution is -0.122. The molecule has 0 aliphatic heterocycles. The van der Waals surface area contributed by atoms with Crippen LogP contribution in [0.25, 0.3) is 0 Å². The van der Waals surface area contributed by atoms with Crippen LogP contribution >= 0.6 is 0 Å². The van der Waals surface area contributed by atoms with Crippen molar-refractivity contribution in [3.63, 3.8) is 0 Å². The largest absolute Gasteiger partial charge is 0.366 e. The molecule has 0 aliphatic carbocycles. The van der Waals surface area contributed by atoms with Crippen LogP contribution < -0.4 is 16.4 Å². The van der Waals surface area contributed by atoms with Crippen LogP contribution in [0.4, 0.5) is 5.95 Å². The van der Waals surface area contributed by atoms with Gasteiger partial charge in [-0.3, -0.25) is 14.7 Å². The van der Waals surface area contributed by atoms with E-state index in [1.165, 1.54) is 0 Å². The zero-order valence-corrected chi connectivity index (χ0v) is 9.07. The Bertz CT molecular complexity index is 388. The number of nitrogen functional groups attached to an aromatic ring is 1. The van der Waals surface area contributed by atoms with Crippen molar-refractivity contribution in [2.75, 3.05) is 12.3 Å². The van der Waals surface area contributed by atoms with Crippen LogP contribution in [0.5, 0.6) is 0 Å². The first-order valence-corrected chi connectivity index (χ1v) is 4.81. The average molecular weight is 226 g/mol. The molecule has 1 heterocycles. The highest BCUT2D eigenvalue weighted by Gasteiger charge is 2.17. The van der Waals surface area contributed by atoms with Gasteiger partial charge in [-0.1, -0.05) is 0 Å². The number of rotatable bonds is 4. The Morgan fingerprint density at radius 1 is 1.56 bits per heavy atom. The normalized spacial score (nSPS) is 11.9. The third kappa shape index (κ3) is 2.94. The van der Waals surface area contributed by atoms with Crippen molar-refractivity contribution in [1.29, 1.82) is 0 Å². The third-order valence-corrected chi connectivity index (χ3v) is 1.81. The van der Waals surface area contributed by atoms with Gasteiger partial charge in [0, 0.05) is 6.54 Å². The molecule has 0 spiro atoms. The predicted molar refractivity (Wildman–Crippen MR) is 56.4 cm³/mol. The smallest absolute Gasteiger partial charge is 0.289 e. The quantitative estimate of drug-likeness (QED) is 0.504. The molecular formula is C8H14N6O2. The van der Waals surface area contributed by atoms with Crippen LogP contribution in [0.15, 0.2) is 0 Å². The summed E-state index contributed by atoms with van der Waals surface area (Å²) in [5, 5.41) is 10.9. The minimum absolute atomic E-state index is 0.0178. The second-order valence-electron chi connectivity index (χ2n) is 3.13. The van der Waals surface area contributed by atoms with Gasteiger partial charge in [-0.2, -0.15) is 4.98 Å². The second-order valence-corrected chi connectivity index (χ2v) is 3.13. The minimum Gasteiger partial charge on any atom is -0.366 e. The van der Waals surface area contributed by atoms with Crippen molar-refractivity contribution in [3.8, 4) is 0 Å². The van der Waals surface area contributed by atoms with E-state index >= 15 is 0 Å². The zero-order valence-electron chi connectivity index (χ0n) is 9.07. The SMILES string of the molecule is CCNC(=O)C(C)NC(=O)c1nc(N)n[nH]1. The van der Waals surface area contributed by atoms with Gasteiger partial charge >= 0.3 is 0 Å². The van der Waals surface area contributed by atoms with E-state index in [9.17, 15) is 9.59 Å². The molecule has 8 heteroatoms. The van der Waals surface area contributed by atoms with Crippen molar-refractivity contribution in [2.24, 2.45) is 0 Å². The maximum absolute atomic E-state index is 11.5. The van der Waals surface area contributed by atoms with Crippen LogP contribution in [-0.4, -0.2) is 39.6 Å². The lowest BCUT2D eigenvalue weighted by atomic mass is 10.3. The number of nitrogens with zero attached hydrogens (tertiary/aromatic N) is 2. The number of carbonyl (C=O) groups excluding carboxylic acids is 2. The molecule has 5 N–H and O–H groups in total. The number of nitrogens with two attached hydrogens (primary N) is 1. The molecule has 0 aromatic carbocycles. The Hall–Kier alpha value is -2.12. The summed E-state index contributed by atoms with van der Waals surface area (Å²) in [6.45, 7) is 3.88. The van der Waals surface area contributed by atoms with E-state index in [1.807, 2.05) is 0 Å². The van der Waals surface area contributed by atoms with Crippen molar-refractivity contribution in [1.82, 2.24) is 25.8 Å². The highest BCUT2D eigenvalue weighted by Crippen LogP contribution is 1.93. The number of aromatic nitrogens is 3. The topological polar surface area (TPSA) is 126 Å². The predicted octanol–water partition coefficient (Wildman–Crippen LogP) is -1.36. The van der Waals surface area contributed by atoms with E-state index in [-0.39, 0.29) is 17.7 Å². The standard InChI is InChI=1S/C8H14N6O2/c1-3-10-6(15)4(2)11-7(16)5-12-8(9)14-13-5/h4H,3H2,1-2H3,(H,10,15)(H,11,16)(H3,9,12,13,14). The molecule has 0 fully saturated rings. The van der Waals surface area contributed by atoms with Gasteiger partial charge in [-0.15, -0.1) is 5.10 Å². The number of H-pyrrole nitrogens is 1. The average Bonchev–Trinajstić information content (AvgIpc) is 2.65. The van der Waals surface area contributed by atoms with Crippen LogP contribution in [0, 0.1) is 0 Å². The van der Waals surface area contributed by atoms with Gasteiger partial charge in [0.15, 0.2) is 0 Å². The van der Waals surface area contributed by atoms with Crippen LogP contribution in [0.1, 0.15) is 24.5 Å². The van der Waals surface area contributed by atoms with Crippen LogP contribution in [0.2, 0.25) is 0 Å². The number of carbonyl (C=O) groups is 2. The van der Waals surface area contributed by atoms with Gasteiger partial charge in [0.2, 0.25) is 17.7 Å². The van der Waals surface area contributed by atoms with Crippen LogP contribution in [0.3, 0.4) is 0 Å². The van der Waals surface area contributed by atoms with Crippen molar-refractivity contribution in [2.45, 2.75) is 19.9 Å². The summed E-state index contributed by atoms with van der Waals surface area (Å²) in [7, 11) is 0. The molecule has 0 aliphatic rings. The molecule has 0 radical (unpaired) electrons. The van der Waals surface area contributed by atoms with E-state index in [4.69, 9.17) is 5.73 Å². The lowest BCUT2D eigenvalue weighted by Gasteiger charge is -2.11. The summed E-state index contributed by atoms with van der Waals surface area (Å²) in [5.74, 6) is -0.823. The Labute approximate surface area is 92.0 Å². The minimum atomic E-state index is -0.640. The highest BCUT2D eigenvalue weighted by atomic mass is 16.2. The highest BCUT2D eigenvalue weighted by molar-refractivity contribution is 5.94. The molecule has 1 unspecified atom stereocenters. The molecule has 8 nitrogen and oxygen atoms in total. The molecule has 88 valence electrons. The van der Waals surface area contributed by atoms with Crippen molar-refractivity contribution < 1.29 is 9.59 Å². The maximum atomic E-state index is 11.5. The van der Waals surface area contributed by atoms with Crippen LogP contribution in [-0.2, 0) is 4.79 Å². The van der Waals surface area contributed by atoms with Gasteiger partial charge in [0.25, 0.3) is 5.91 Å². The monoisotopic (exact) mass is 226 g/mol. The fourth-order valence-corrected chi connectivity index (χ4v) is 1.03.